The van der Waals surface area contributed by atoms with Crippen molar-refractivity contribution in [2.75, 3.05) is 30.1 Å². The number of anilines is 2. The Morgan fingerprint density at radius 2 is 1.80 bits per heavy atom. The van der Waals surface area contributed by atoms with Crippen molar-refractivity contribution >= 4 is 23.2 Å². The number of nitrogens with one attached hydrogen (secondary N) is 2. The zero-order valence-electron chi connectivity index (χ0n) is 16.4. The number of amides is 2. The summed E-state index contributed by atoms with van der Waals surface area (Å²) in [7, 11) is 0. The van der Waals surface area contributed by atoms with Crippen molar-refractivity contribution in [3.05, 3.63) is 48.3 Å². The van der Waals surface area contributed by atoms with Gasteiger partial charge in [0.1, 0.15) is 5.82 Å². The second-order valence-electron chi connectivity index (χ2n) is 7.92. The monoisotopic (exact) mass is 412 g/mol. The molecule has 3 aliphatic heterocycles. The summed E-state index contributed by atoms with van der Waals surface area (Å²) in [5, 5.41) is 3.52. The summed E-state index contributed by atoms with van der Waals surface area (Å²) in [4.78, 5) is 27.5. The van der Waals surface area contributed by atoms with E-state index < -0.39 is 11.9 Å². The molecule has 0 unspecified atom stereocenters. The number of piperidine rings is 1. The van der Waals surface area contributed by atoms with Gasteiger partial charge >= 0.3 is 0 Å². The van der Waals surface area contributed by atoms with Crippen molar-refractivity contribution in [1.82, 2.24) is 0 Å². The maximum absolute atomic E-state index is 14.1. The molecule has 0 aromatic heterocycles. The Morgan fingerprint density at radius 1 is 1.03 bits per heavy atom. The van der Waals surface area contributed by atoms with Crippen molar-refractivity contribution in [3.63, 3.8) is 0 Å². The van der Waals surface area contributed by atoms with Crippen LogP contribution >= 0.6 is 0 Å². The van der Waals surface area contributed by atoms with Gasteiger partial charge in [-0.2, -0.15) is 0 Å². The van der Waals surface area contributed by atoms with Crippen LogP contribution in [0.1, 0.15) is 19.3 Å². The highest BCUT2D eigenvalue weighted by atomic mass is 19.1. The Kier molecular flexibility index (Phi) is 4.78. The number of nitrogens with zero attached hydrogens (tertiary/aromatic N) is 1. The number of hydrogen-bond acceptors (Lipinski definition) is 5. The van der Waals surface area contributed by atoms with Gasteiger partial charge in [0.05, 0.1) is 25.2 Å². The molecular weight excluding hydrogens is 389 g/mol. The van der Waals surface area contributed by atoms with Crippen LogP contribution in [0.2, 0.25) is 0 Å². The van der Waals surface area contributed by atoms with Crippen LogP contribution in [0.3, 0.4) is 0 Å². The van der Waals surface area contributed by atoms with Gasteiger partial charge in [-0.05, 0) is 24.3 Å². The number of carbonyl (C=O) groups is 2. The molecule has 5 rings (SSSR count). The standard InChI is InChI=1S/C22H22FN3O4/c23-16-3-1-2-4-17(16)26-21(27)12-18(22(26)28)25-9-7-14(8-10-25)24-15-5-6-19-20(11-15)30-13-29-19/h1-6,11,14,18,24H,7-10,12-13H2/p+1/t18-/m0/s1. The summed E-state index contributed by atoms with van der Waals surface area (Å²) in [5.74, 6) is 0.307. The van der Waals surface area contributed by atoms with Crippen LogP contribution in [0, 0.1) is 5.82 Å². The number of para-hydroxylation sites is 1. The molecular formula is C22H23FN3O4+. The molecule has 3 aliphatic rings. The molecule has 8 heteroatoms. The van der Waals surface area contributed by atoms with Gasteiger partial charge in [-0.25, -0.2) is 9.29 Å². The fourth-order valence-corrected chi connectivity index (χ4v) is 4.54. The quantitative estimate of drug-likeness (QED) is 0.742. The highest BCUT2D eigenvalue weighted by molar-refractivity contribution is 6.21. The smallest absolute Gasteiger partial charge is 0.292 e. The molecule has 1 atom stereocenters. The van der Waals surface area contributed by atoms with Gasteiger partial charge < -0.3 is 19.7 Å². The number of likely N-dealkylation sites (tertiary alicyclic amines) is 1. The third-order valence-corrected chi connectivity index (χ3v) is 6.10. The summed E-state index contributed by atoms with van der Waals surface area (Å²) >= 11 is 0. The van der Waals surface area contributed by atoms with E-state index in [-0.39, 0.29) is 36.8 Å². The normalized spacial score (nSPS) is 25.6. The molecule has 2 saturated heterocycles. The number of halogens is 1. The average Bonchev–Trinajstić information content (AvgIpc) is 3.33. The Bertz CT molecular complexity index is 990. The lowest BCUT2D eigenvalue weighted by atomic mass is 10.0. The summed E-state index contributed by atoms with van der Waals surface area (Å²) in [6, 6.07) is 11.6. The molecule has 0 aliphatic carbocycles. The van der Waals surface area contributed by atoms with Gasteiger partial charge in [0, 0.05) is 30.6 Å². The second-order valence-corrected chi connectivity index (χ2v) is 7.92. The van der Waals surface area contributed by atoms with E-state index in [0.29, 0.717) is 0 Å². The molecule has 0 radical (unpaired) electrons. The summed E-state index contributed by atoms with van der Waals surface area (Å²) < 4.78 is 24.9. The van der Waals surface area contributed by atoms with Crippen LogP contribution in [0.5, 0.6) is 11.5 Å². The highest BCUT2D eigenvalue weighted by Gasteiger charge is 2.47. The van der Waals surface area contributed by atoms with Crippen molar-refractivity contribution in [1.29, 1.82) is 0 Å². The number of carbonyl (C=O) groups excluding carboxylic acids is 2. The van der Waals surface area contributed by atoms with Crippen LogP contribution < -0.4 is 24.6 Å². The van der Waals surface area contributed by atoms with Gasteiger partial charge in [-0.3, -0.25) is 9.59 Å². The minimum atomic E-state index is -0.554. The Morgan fingerprint density at radius 3 is 2.60 bits per heavy atom. The first kappa shape index (κ1) is 18.9. The SMILES string of the molecule is O=C1C[C@H]([NH+]2CCC(Nc3ccc4c(c3)OCO4)CC2)C(=O)N1c1ccccc1F. The summed E-state index contributed by atoms with van der Waals surface area (Å²) in [6.07, 6.45) is 1.88. The molecule has 30 heavy (non-hydrogen) atoms. The van der Waals surface area contributed by atoms with E-state index in [0.717, 1.165) is 52.9 Å². The third-order valence-electron chi connectivity index (χ3n) is 6.10. The van der Waals surface area contributed by atoms with E-state index >= 15 is 0 Å². The molecule has 2 N–H and O–H groups in total. The molecule has 3 heterocycles. The molecule has 2 aromatic carbocycles. The maximum Gasteiger partial charge on any atom is 0.292 e. The molecule has 0 spiro atoms. The molecule has 2 fully saturated rings. The molecule has 0 bridgehead atoms. The number of hydrogen-bond donors (Lipinski definition) is 2. The number of benzene rings is 2. The summed E-state index contributed by atoms with van der Waals surface area (Å²) in [5.41, 5.74) is 1.03. The fourth-order valence-electron chi connectivity index (χ4n) is 4.54. The van der Waals surface area contributed by atoms with Crippen molar-refractivity contribution in [2.24, 2.45) is 0 Å². The third kappa shape index (κ3) is 3.37. The van der Waals surface area contributed by atoms with Gasteiger partial charge in [0.15, 0.2) is 17.5 Å². The lowest BCUT2D eigenvalue weighted by molar-refractivity contribution is -0.919. The van der Waals surface area contributed by atoms with Gasteiger partial charge in [0.25, 0.3) is 5.91 Å². The topological polar surface area (TPSA) is 72.3 Å². The van der Waals surface area contributed by atoms with Crippen LogP contribution in [0.4, 0.5) is 15.8 Å². The van der Waals surface area contributed by atoms with Crippen LogP contribution in [0.15, 0.2) is 42.5 Å². The molecule has 2 amide bonds. The number of ether oxygens (including phenoxy) is 2. The van der Waals surface area contributed by atoms with Crippen LogP contribution in [-0.4, -0.2) is 43.8 Å². The lowest BCUT2D eigenvalue weighted by Crippen LogP contribution is -3.17. The Balaban J connectivity index is 1.21. The van der Waals surface area contributed by atoms with Crippen molar-refractivity contribution in [3.8, 4) is 11.5 Å². The van der Waals surface area contributed by atoms with E-state index in [9.17, 15) is 14.0 Å². The van der Waals surface area contributed by atoms with E-state index in [1.54, 1.807) is 12.1 Å². The minimum absolute atomic E-state index is 0.0498. The Hall–Kier alpha value is -3.13. The van der Waals surface area contributed by atoms with E-state index in [2.05, 4.69) is 5.32 Å². The number of fused-ring (bicyclic) bond motifs is 1. The minimum Gasteiger partial charge on any atom is -0.454 e. The molecule has 7 nitrogen and oxygen atoms in total. The maximum atomic E-state index is 14.1. The van der Waals surface area contributed by atoms with E-state index in [4.69, 9.17) is 9.47 Å². The van der Waals surface area contributed by atoms with Gasteiger partial charge in [-0.1, -0.05) is 12.1 Å². The zero-order chi connectivity index (χ0) is 20.7. The number of rotatable bonds is 4. The van der Waals surface area contributed by atoms with Gasteiger partial charge in [0.2, 0.25) is 12.7 Å². The average molecular weight is 412 g/mol. The molecule has 0 saturated carbocycles. The molecule has 2 aromatic rings. The van der Waals surface area contributed by atoms with Crippen LogP contribution in [0.25, 0.3) is 0 Å². The second kappa shape index (κ2) is 7.60. The number of imide groups is 1. The fraction of sp³-hybridized carbons (Fsp3) is 0.364. The van der Waals surface area contributed by atoms with Gasteiger partial charge in [-0.15, -0.1) is 0 Å². The van der Waals surface area contributed by atoms with E-state index in [1.807, 2.05) is 18.2 Å². The lowest BCUT2D eigenvalue weighted by Gasteiger charge is -2.32. The zero-order valence-corrected chi connectivity index (χ0v) is 16.4. The predicted molar refractivity (Wildman–Crippen MR) is 107 cm³/mol. The molecule has 156 valence electrons. The Labute approximate surface area is 173 Å². The van der Waals surface area contributed by atoms with E-state index in [1.165, 1.54) is 12.1 Å². The van der Waals surface area contributed by atoms with Crippen LogP contribution in [-0.2, 0) is 9.59 Å². The van der Waals surface area contributed by atoms with Crippen molar-refractivity contribution in [2.45, 2.75) is 31.3 Å². The highest BCUT2D eigenvalue weighted by Crippen LogP contribution is 2.34. The number of quaternary nitrogens is 1. The summed E-state index contributed by atoms with van der Waals surface area (Å²) in [6.45, 7) is 1.80. The predicted octanol–water partition coefficient (Wildman–Crippen LogP) is 1.35. The first-order chi connectivity index (χ1) is 14.6. The van der Waals surface area contributed by atoms with Crippen molar-refractivity contribution < 1.29 is 28.4 Å². The first-order valence-corrected chi connectivity index (χ1v) is 10.2. The largest absolute Gasteiger partial charge is 0.454 e. The first-order valence-electron chi connectivity index (χ1n) is 10.2.